The van der Waals surface area contributed by atoms with Crippen molar-refractivity contribution in [2.45, 2.75) is 6.92 Å². The number of hydrogen-bond acceptors (Lipinski definition) is 6. The molecule has 0 aliphatic carbocycles. The van der Waals surface area contributed by atoms with Gasteiger partial charge in [-0.3, -0.25) is 5.43 Å². The van der Waals surface area contributed by atoms with E-state index in [1.807, 2.05) is 12.3 Å². The second kappa shape index (κ2) is 8.25. The van der Waals surface area contributed by atoms with Crippen LogP contribution in [-0.2, 0) is 0 Å². The van der Waals surface area contributed by atoms with Gasteiger partial charge in [0, 0.05) is 0 Å². The molecule has 1 aromatic carbocycles. The molecule has 2 rings (SSSR count). The number of rotatable bonds is 6. The Kier molecular flexibility index (Phi) is 6.07. The summed E-state index contributed by atoms with van der Waals surface area (Å²) in [5.41, 5.74) is 8.49. The first-order valence-corrected chi connectivity index (χ1v) is 8.00. The molecule has 0 fully saturated rings. The lowest BCUT2D eigenvalue weighted by Gasteiger charge is -2.10. The monoisotopic (exact) mass is 349 g/mol. The molecule has 8 heteroatoms. The molecular formula is C15H15N3O3S2. The number of thiocarbonyl (C=S) groups is 1. The van der Waals surface area contributed by atoms with Gasteiger partial charge in [-0.15, -0.1) is 11.3 Å². The molecule has 0 unspecified atom stereocenters. The van der Waals surface area contributed by atoms with Crippen molar-refractivity contribution in [2.24, 2.45) is 10.8 Å². The number of nitrogens with zero attached hydrogens (tertiary/aromatic N) is 1. The van der Waals surface area contributed by atoms with Crippen molar-refractivity contribution in [3.05, 3.63) is 46.2 Å². The summed E-state index contributed by atoms with van der Waals surface area (Å²) in [7, 11) is 0. The van der Waals surface area contributed by atoms with Crippen molar-refractivity contribution in [3.63, 3.8) is 0 Å². The first-order chi connectivity index (χ1) is 11.1. The highest BCUT2D eigenvalue weighted by molar-refractivity contribution is 7.80. The fraction of sp³-hybridized carbons (Fsp3) is 0.133. The highest BCUT2D eigenvalue weighted by atomic mass is 32.1. The number of carbonyl (C=O) groups excluding carboxylic acids is 1. The quantitative estimate of drug-likeness (QED) is 0.274. The van der Waals surface area contributed by atoms with Crippen LogP contribution in [0.5, 0.6) is 11.5 Å². The average molecular weight is 349 g/mol. The van der Waals surface area contributed by atoms with Crippen LogP contribution in [0.4, 0.5) is 0 Å². The fourth-order valence-corrected chi connectivity index (χ4v) is 2.32. The number of esters is 1. The van der Waals surface area contributed by atoms with Crippen LogP contribution < -0.4 is 20.6 Å². The summed E-state index contributed by atoms with van der Waals surface area (Å²) in [5.74, 6) is 0.388. The minimum Gasteiger partial charge on any atom is -0.490 e. The van der Waals surface area contributed by atoms with Crippen LogP contribution in [-0.4, -0.2) is 23.9 Å². The highest BCUT2D eigenvalue weighted by Crippen LogP contribution is 2.29. The van der Waals surface area contributed by atoms with Crippen molar-refractivity contribution in [1.29, 1.82) is 0 Å². The van der Waals surface area contributed by atoms with Crippen molar-refractivity contribution < 1.29 is 14.3 Å². The number of ether oxygens (including phenoxy) is 2. The lowest BCUT2D eigenvalue weighted by atomic mass is 10.2. The first-order valence-electron chi connectivity index (χ1n) is 6.71. The molecule has 0 bridgehead atoms. The predicted molar refractivity (Wildman–Crippen MR) is 94.4 cm³/mol. The Balaban J connectivity index is 2.17. The van der Waals surface area contributed by atoms with E-state index >= 15 is 0 Å². The molecule has 0 saturated heterocycles. The Hall–Kier alpha value is -2.45. The van der Waals surface area contributed by atoms with Gasteiger partial charge < -0.3 is 15.2 Å². The van der Waals surface area contributed by atoms with E-state index in [4.69, 9.17) is 15.2 Å². The number of thiophene rings is 1. The summed E-state index contributed by atoms with van der Waals surface area (Å²) >= 11 is 5.97. The number of hydrazone groups is 1. The summed E-state index contributed by atoms with van der Waals surface area (Å²) in [5, 5.41) is 5.76. The Bertz CT molecular complexity index is 715. The van der Waals surface area contributed by atoms with Gasteiger partial charge in [0.15, 0.2) is 16.6 Å². The van der Waals surface area contributed by atoms with Gasteiger partial charge in [-0.2, -0.15) is 5.10 Å². The van der Waals surface area contributed by atoms with E-state index in [0.717, 1.165) is 5.56 Å². The molecule has 0 aliphatic heterocycles. The van der Waals surface area contributed by atoms with Gasteiger partial charge in [-0.1, -0.05) is 6.07 Å². The van der Waals surface area contributed by atoms with Crippen LogP contribution in [0, 0.1) is 0 Å². The van der Waals surface area contributed by atoms with Crippen LogP contribution in [0.25, 0.3) is 0 Å². The van der Waals surface area contributed by atoms with Crippen molar-refractivity contribution in [1.82, 2.24) is 5.43 Å². The molecule has 1 aromatic heterocycles. The standard InChI is InChI=1S/C15H15N3O3S2/c1-2-20-12-8-10(9-17-18-15(16)22)5-6-11(12)21-14(19)13-4-3-7-23-13/h3-9H,2H2,1H3,(H3,16,18,22). The molecule has 0 atom stereocenters. The normalized spacial score (nSPS) is 10.5. The SMILES string of the molecule is CCOc1cc(C=NNC(N)=S)ccc1OC(=O)c1cccs1. The molecule has 2 aromatic rings. The first kappa shape index (κ1) is 16.9. The van der Waals surface area contributed by atoms with Gasteiger partial charge in [-0.05, 0) is 54.4 Å². The minimum atomic E-state index is -0.419. The number of nitrogens with two attached hydrogens (primary N) is 1. The smallest absolute Gasteiger partial charge is 0.353 e. The van der Waals surface area contributed by atoms with Crippen LogP contribution in [0.15, 0.2) is 40.8 Å². The van der Waals surface area contributed by atoms with Gasteiger partial charge in [0.05, 0.1) is 12.8 Å². The van der Waals surface area contributed by atoms with E-state index in [1.165, 1.54) is 17.6 Å². The van der Waals surface area contributed by atoms with E-state index in [1.54, 1.807) is 30.3 Å². The van der Waals surface area contributed by atoms with E-state index < -0.39 is 5.97 Å². The maximum absolute atomic E-state index is 12.0. The van der Waals surface area contributed by atoms with E-state index in [-0.39, 0.29) is 5.11 Å². The van der Waals surface area contributed by atoms with Crippen LogP contribution in [0.2, 0.25) is 0 Å². The summed E-state index contributed by atoms with van der Waals surface area (Å²) in [6.45, 7) is 2.29. The molecule has 0 aliphatic rings. The molecule has 3 N–H and O–H groups in total. The summed E-state index contributed by atoms with van der Waals surface area (Å²) in [4.78, 5) is 12.6. The Morgan fingerprint density at radius 3 is 2.91 bits per heavy atom. The van der Waals surface area contributed by atoms with Gasteiger partial charge >= 0.3 is 5.97 Å². The Morgan fingerprint density at radius 1 is 1.43 bits per heavy atom. The number of benzene rings is 1. The van der Waals surface area contributed by atoms with Gasteiger partial charge in [-0.25, -0.2) is 4.79 Å². The molecule has 120 valence electrons. The molecule has 0 amide bonds. The molecule has 6 nitrogen and oxygen atoms in total. The molecule has 23 heavy (non-hydrogen) atoms. The minimum absolute atomic E-state index is 0.0766. The maximum atomic E-state index is 12.0. The topological polar surface area (TPSA) is 85.9 Å². The van der Waals surface area contributed by atoms with Crippen LogP contribution in [0.3, 0.4) is 0 Å². The molecule has 0 radical (unpaired) electrons. The summed E-state index contributed by atoms with van der Waals surface area (Å²) in [6, 6.07) is 8.60. The summed E-state index contributed by atoms with van der Waals surface area (Å²) in [6.07, 6.45) is 1.53. The van der Waals surface area contributed by atoms with Gasteiger partial charge in [0.2, 0.25) is 0 Å². The Morgan fingerprint density at radius 2 is 2.26 bits per heavy atom. The number of nitrogens with one attached hydrogen (secondary N) is 1. The third kappa shape index (κ3) is 5.04. The van der Waals surface area contributed by atoms with Gasteiger partial charge in [0.1, 0.15) is 4.88 Å². The van der Waals surface area contributed by atoms with E-state index in [9.17, 15) is 4.79 Å². The third-order valence-electron chi connectivity index (χ3n) is 2.58. The fourth-order valence-electron chi connectivity index (χ4n) is 1.67. The zero-order valence-corrected chi connectivity index (χ0v) is 13.9. The average Bonchev–Trinajstić information content (AvgIpc) is 3.04. The van der Waals surface area contributed by atoms with Crippen LogP contribution >= 0.6 is 23.6 Å². The van der Waals surface area contributed by atoms with Crippen LogP contribution in [0.1, 0.15) is 22.2 Å². The van der Waals surface area contributed by atoms with Gasteiger partial charge in [0.25, 0.3) is 0 Å². The second-order valence-electron chi connectivity index (χ2n) is 4.24. The lowest BCUT2D eigenvalue weighted by Crippen LogP contribution is -2.23. The number of hydrogen-bond donors (Lipinski definition) is 2. The van der Waals surface area contributed by atoms with E-state index in [2.05, 4.69) is 22.7 Å². The maximum Gasteiger partial charge on any atom is 0.353 e. The van der Waals surface area contributed by atoms with Crippen molar-refractivity contribution in [2.75, 3.05) is 6.61 Å². The predicted octanol–water partition coefficient (Wildman–Crippen LogP) is 2.53. The van der Waals surface area contributed by atoms with E-state index in [0.29, 0.717) is 23.0 Å². The molecule has 1 heterocycles. The zero-order valence-electron chi connectivity index (χ0n) is 12.3. The largest absolute Gasteiger partial charge is 0.490 e. The molecule has 0 saturated carbocycles. The highest BCUT2D eigenvalue weighted by Gasteiger charge is 2.13. The zero-order chi connectivity index (χ0) is 16.7. The van der Waals surface area contributed by atoms with Crippen molar-refractivity contribution >= 4 is 40.9 Å². The molecular weight excluding hydrogens is 334 g/mol. The Labute approximate surface area is 142 Å². The number of carbonyl (C=O) groups is 1. The third-order valence-corrected chi connectivity index (χ3v) is 3.52. The summed E-state index contributed by atoms with van der Waals surface area (Å²) < 4.78 is 10.9. The lowest BCUT2D eigenvalue weighted by molar-refractivity contribution is 0.0733. The second-order valence-corrected chi connectivity index (χ2v) is 5.63. The van der Waals surface area contributed by atoms with Crippen molar-refractivity contribution in [3.8, 4) is 11.5 Å². The molecule has 0 spiro atoms.